The second-order valence-electron chi connectivity index (χ2n) is 5.53. The maximum atomic E-state index is 11.7. The van der Waals surface area contributed by atoms with Gasteiger partial charge in [0.1, 0.15) is 5.82 Å². The van der Waals surface area contributed by atoms with Crippen molar-refractivity contribution in [1.29, 1.82) is 0 Å². The van der Waals surface area contributed by atoms with E-state index in [1.165, 1.54) is 0 Å². The Labute approximate surface area is 113 Å². The Hall–Kier alpha value is -1.84. The van der Waals surface area contributed by atoms with Crippen LogP contribution in [0.2, 0.25) is 0 Å². The molecule has 2 aromatic rings. The van der Waals surface area contributed by atoms with Gasteiger partial charge in [-0.3, -0.25) is 4.79 Å². The van der Waals surface area contributed by atoms with Crippen LogP contribution in [0.25, 0.3) is 11.0 Å². The summed E-state index contributed by atoms with van der Waals surface area (Å²) in [6, 6.07) is 5.86. The molecule has 19 heavy (non-hydrogen) atoms. The number of imidazole rings is 1. The summed E-state index contributed by atoms with van der Waals surface area (Å²) in [6.07, 6.45) is 0. The minimum Gasteiger partial charge on any atom is -0.331 e. The Morgan fingerprint density at radius 1 is 1.26 bits per heavy atom. The van der Waals surface area contributed by atoms with Gasteiger partial charge in [-0.25, -0.2) is 4.98 Å². The van der Waals surface area contributed by atoms with Crippen LogP contribution >= 0.6 is 0 Å². The maximum Gasteiger partial charge on any atom is 0.226 e. The molecule has 0 unspecified atom stereocenters. The molecule has 2 rings (SSSR count). The van der Waals surface area contributed by atoms with E-state index in [9.17, 15) is 4.79 Å². The first kappa shape index (κ1) is 13.6. The highest BCUT2D eigenvalue weighted by molar-refractivity contribution is 5.94. The fourth-order valence-corrected chi connectivity index (χ4v) is 2.10. The molecule has 0 fully saturated rings. The molecule has 0 aliphatic carbocycles. The van der Waals surface area contributed by atoms with E-state index in [1.54, 1.807) is 0 Å². The third-order valence-electron chi connectivity index (χ3n) is 3.22. The average molecular weight is 259 g/mol. The molecule has 0 saturated heterocycles. The minimum absolute atomic E-state index is 0.0225. The molecule has 4 nitrogen and oxygen atoms in total. The summed E-state index contributed by atoms with van der Waals surface area (Å²) in [5.41, 5.74) is 2.82. The Bertz CT molecular complexity index is 611. The molecular weight excluding hydrogens is 238 g/mol. The molecule has 0 saturated carbocycles. The van der Waals surface area contributed by atoms with Gasteiger partial charge >= 0.3 is 0 Å². The van der Waals surface area contributed by atoms with E-state index in [4.69, 9.17) is 0 Å². The molecule has 0 spiro atoms. The average Bonchev–Trinajstić information content (AvgIpc) is 2.66. The van der Waals surface area contributed by atoms with E-state index in [1.807, 2.05) is 39.1 Å². The first-order valence-electron chi connectivity index (χ1n) is 6.67. The van der Waals surface area contributed by atoms with Gasteiger partial charge < -0.3 is 9.88 Å². The summed E-state index contributed by atoms with van der Waals surface area (Å²) in [5.74, 6) is 1.44. The lowest BCUT2D eigenvalue weighted by atomic mass is 10.2. The Morgan fingerprint density at radius 3 is 2.53 bits per heavy atom. The van der Waals surface area contributed by atoms with E-state index in [0.717, 1.165) is 22.5 Å². The van der Waals surface area contributed by atoms with Crippen LogP contribution < -0.4 is 5.32 Å². The van der Waals surface area contributed by atoms with E-state index < -0.39 is 0 Å². The number of nitrogens with one attached hydrogen (secondary N) is 1. The largest absolute Gasteiger partial charge is 0.331 e. The van der Waals surface area contributed by atoms with Crippen LogP contribution in [0.5, 0.6) is 0 Å². The van der Waals surface area contributed by atoms with Crippen molar-refractivity contribution in [3.63, 3.8) is 0 Å². The number of carbonyl (C=O) groups excluding carboxylic acids is 1. The molecule has 0 bridgehead atoms. The summed E-state index contributed by atoms with van der Waals surface area (Å²) < 4.78 is 2.11. The van der Waals surface area contributed by atoms with Gasteiger partial charge in [0.25, 0.3) is 0 Å². The molecule has 0 aliphatic heterocycles. The quantitative estimate of drug-likeness (QED) is 0.919. The predicted octanol–water partition coefficient (Wildman–Crippen LogP) is 3.29. The van der Waals surface area contributed by atoms with Crippen molar-refractivity contribution >= 4 is 22.6 Å². The van der Waals surface area contributed by atoms with Crippen LogP contribution in [0.1, 0.15) is 39.4 Å². The molecule has 0 atom stereocenters. The number of rotatable bonds is 3. The minimum atomic E-state index is -0.0225. The molecule has 1 amide bonds. The van der Waals surface area contributed by atoms with Gasteiger partial charge in [-0.2, -0.15) is 0 Å². The van der Waals surface area contributed by atoms with Gasteiger partial charge in [0.2, 0.25) is 5.91 Å². The van der Waals surface area contributed by atoms with Crippen LogP contribution in [0.3, 0.4) is 0 Å². The number of anilines is 1. The third kappa shape index (κ3) is 2.62. The SMILES string of the molecule is CC(C)C(=O)Nc1ccc2c(c1)nc(C(C)C)n2C. The standard InChI is InChI=1S/C15H21N3O/c1-9(2)14-17-12-8-11(16-15(19)10(3)4)6-7-13(12)18(14)5/h6-10H,1-5H3,(H,16,19). The van der Waals surface area contributed by atoms with Crippen molar-refractivity contribution in [2.45, 2.75) is 33.6 Å². The zero-order valence-corrected chi connectivity index (χ0v) is 12.2. The normalized spacial score (nSPS) is 11.5. The maximum absolute atomic E-state index is 11.7. The second kappa shape index (κ2) is 5.03. The van der Waals surface area contributed by atoms with E-state index in [0.29, 0.717) is 5.92 Å². The Kier molecular flexibility index (Phi) is 3.60. The van der Waals surface area contributed by atoms with Gasteiger partial charge in [0, 0.05) is 24.6 Å². The topological polar surface area (TPSA) is 46.9 Å². The lowest BCUT2D eigenvalue weighted by molar-refractivity contribution is -0.118. The summed E-state index contributed by atoms with van der Waals surface area (Å²) in [6.45, 7) is 8.02. The van der Waals surface area contributed by atoms with Crippen molar-refractivity contribution in [2.75, 3.05) is 5.32 Å². The number of carbonyl (C=O) groups is 1. The number of fused-ring (bicyclic) bond motifs is 1. The number of aromatic nitrogens is 2. The van der Waals surface area contributed by atoms with Crippen LogP contribution in [-0.4, -0.2) is 15.5 Å². The van der Waals surface area contributed by atoms with E-state index in [2.05, 4.69) is 28.7 Å². The van der Waals surface area contributed by atoms with Gasteiger partial charge in [-0.05, 0) is 18.2 Å². The monoisotopic (exact) mass is 259 g/mol. The molecule has 0 radical (unpaired) electrons. The Balaban J connectivity index is 2.38. The number of hydrogen-bond donors (Lipinski definition) is 1. The predicted molar refractivity (Wildman–Crippen MR) is 78.3 cm³/mol. The van der Waals surface area contributed by atoms with Gasteiger partial charge in [-0.15, -0.1) is 0 Å². The van der Waals surface area contributed by atoms with Crippen LogP contribution in [0.15, 0.2) is 18.2 Å². The van der Waals surface area contributed by atoms with Crippen molar-refractivity contribution in [3.8, 4) is 0 Å². The zero-order valence-electron chi connectivity index (χ0n) is 12.2. The number of hydrogen-bond acceptors (Lipinski definition) is 2. The first-order chi connectivity index (χ1) is 8.90. The highest BCUT2D eigenvalue weighted by atomic mass is 16.1. The van der Waals surface area contributed by atoms with Crippen LogP contribution in [-0.2, 0) is 11.8 Å². The molecule has 1 heterocycles. The van der Waals surface area contributed by atoms with Crippen LogP contribution in [0.4, 0.5) is 5.69 Å². The van der Waals surface area contributed by atoms with Gasteiger partial charge in [0.05, 0.1) is 11.0 Å². The second-order valence-corrected chi connectivity index (χ2v) is 5.53. The molecule has 4 heteroatoms. The number of amides is 1. The fourth-order valence-electron chi connectivity index (χ4n) is 2.10. The molecule has 102 valence electrons. The van der Waals surface area contributed by atoms with Gasteiger partial charge in [-0.1, -0.05) is 27.7 Å². The van der Waals surface area contributed by atoms with E-state index >= 15 is 0 Å². The number of aryl methyl sites for hydroxylation is 1. The fraction of sp³-hybridized carbons (Fsp3) is 0.467. The molecule has 0 aliphatic rings. The summed E-state index contributed by atoms with van der Waals surface area (Å²) in [4.78, 5) is 16.3. The van der Waals surface area contributed by atoms with Crippen molar-refractivity contribution in [1.82, 2.24) is 9.55 Å². The number of benzene rings is 1. The highest BCUT2D eigenvalue weighted by Gasteiger charge is 2.12. The lowest BCUT2D eigenvalue weighted by Crippen LogP contribution is -2.17. The Morgan fingerprint density at radius 2 is 1.95 bits per heavy atom. The summed E-state index contributed by atoms with van der Waals surface area (Å²) in [7, 11) is 2.02. The van der Waals surface area contributed by atoms with Crippen LogP contribution in [0, 0.1) is 5.92 Å². The first-order valence-corrected chi connectivity index (χ1v) is 6.67. The van der Waals surface area contributed by atoms with Crippen molar-refractivity contribution in [2.24, 2.45) is 13.0 Å². The molecule has 1 N–H and O–H groups in total. The smallest absolute Gasteiger partial charge is 0.226 e. The molecule has 1 aromatic heterocycles. The van der Waals surface area contributed by atoms with Crippen molar-refractivity contribution < 1.29 is 4.79 Å². The van der Waals surface area contributed by atoms with Crippen molar-refractivity contribution in [3.05, 3.63) is 24.0 Å². The number of nitrogens with zero attached hydrogens (tertiary/aromatic N) is 2. The summed E-state index contributed by atoms with van der Waals surface area (Å²) in [5, 5.41) is 2.90. The molecular formula is C15H21N3O. The molecule has 1 aromatic carbocycles. The van der Waals surface area contributed by atoms with E-state index in [-0.39, 0.29) is 11.8 Å². The lowest BCUT2D eigenvalue weighted by Gasteiger charge is -2.07. The zero-order chi connectivity index (χ0) is 14.2. The summed E-state index contributed by atoms with van der Waals surface area (Å²) >= 11 is 0. The van der Waals surface area contributed by atoms with Gasteiger partial charge in [0.15, 0.2) is 0 Å². The third-order valence-corrected chi connectivity index (χ3v) is 3.22. The highest BCUT2D eigenvalue weighted by Crippen LogP contribution is 2.23.